The molecule has 0 bridgehead atoms. The minimum atomic E-state index is -5.11. The summed E-state index contributed by atoms with van der Waals surface area (Å²) in [5.41, 5.74) is -3.41. The van der Waals surface area contributed by atoms with E-state index in [4.69, 9.17) is 0 Å². The summed E-state index contributed by atoms with van der Waals surface area (Å²) in [6, 6.07) is 1.83. The molecule has 0 atom stereocenters. The highest BCUT2D eigenvalue weighted by Crippen LogP contribution is 2.40. The molecule has 23 heavy (non-hydrogen) atoms. The van der Waals surface area contributed by atoms with Crippen LogP contribution < -0.4 is 5.32 Å². The van der Waals surface area contributed by atoms with Gasteiger partial charge in [-0.2, -0.15) is 26.3 Å². The molecule has 0 aliphatic carbocycles. The summed E-state index contributed by atoms with van der Waals surface area (Å²) >= 11 is 0. The highest BCUT2D eigenvalue weighted by molar-refractivity contribution is 5.69. The molecule has 0 saturated carbocycles. The number of hydrogen-bond acceptors (Lipinski definition) is 3. The van der Waals surface area contributed by atoms with Gasteiger partial charge >= 0.3 is 18.3 Å². The van der Waals surface area contributed by atoms with E-state index in [1.807, 2.05) is 0 Å². The zero-order valence-corrected chi connectivity index (χ0v) is 12.1. The fourth-order valence-electron chi connectivity index (χ4n) is 1.84. The molecule has 0 aliphatic rings. The Balaban J connectivity index is 2.77. The molecule has 0 amide bonds. The normalized spacial score (nSPS) is 12.3. The monoisotopic (exact) mass is 343 g/mol. The fourth-order valence-corrected chi connectivity index (χ4v) is 1.84. The van der Waals surface area contributed by atoms with Crippen molar-refractivity contribution in [2.45, 2.75) is 32.2 Å². The van der Waals surface area contributed by atoms with Gasteiger partial charge in [0.05, 0.1) is 24.2 Å². The maximum absolute atomic E-state index is 12.8. The number of carbonyl (C=O) groups excluding carboxylic acids is 1. The molecule has 1 aromatic carbocycles. The second kappa shape index (κ2) is 7.67. The van der Waals surface area contributed by atoms with Crippen molar-refractivity contribution in [3.63, 3.8) is 0 Å². The van der Waals surface area contributed by atoms with Crippen LogP contribution in [0.1, 0.15) is 30.0 Å². The van der Waals surface area contributed by atoms with E-state index in [0.29, 0.717) is 12.1 Å². The van der Waals surface area contributed by atoms with Crippen molar-refractivity contribution in [1.29, 1.82) is 0 Å². The van der Waals surface area contributed by atoms with Crippen LogP contribution in [0.4, 0.5) is 26.3 Å². The molecule has 0 aromatic heterocycles. The maximum Gasteiger partial charge on any atom is 0.417 e. The first-order valence-corrected chi connectivity index (χ1v) is 6.69. The summed E-state index contributed by atoms with van der Waals surface area (Å²) in [7, 11) is 0. The van der Waals surface area contributed by atoms with Crippen molar-refractivity contribution in [3.8, 4) is 0 Å². The summed E-state index contributed by atoms with van der Waals surface area (Å²) in [6.07, 6.45) is -10.2. The van der Waals surface area contributed by atoms with Crippen LogP contribution in [0.2, 0.25) is 0 Å². The van der Waals surface area contributed by atoms with Crippen molar-refractivity contribution in [3.05, 3.63) is 34.9 Å². The van der Waals surface area contributed by atoms with Gasteiger partial charge < -0.3 is 10.1 Å². The van der Waals surface area contributed by atoms with E-state index in [2.05, 4.69) is 10.1 Å². The van der Waals surface area contributed by atoms with Gasteiger partial charge in [0.15, 0.2) is 0 Å². The quantitative estimate of drug-likeness (QED) is 0.485. The van der Waals surface area contributed by atoms with E-state index in [1.165, 1.54) is 0 Å². The van der Waals surface area contributed by atoms with E-state index in [-0.39, 0.29) is 31.7 Å². The minimum Gasteiger partial charge on any atom is -0.466 e. The predicted octanol–water partition coefficient (Wildman–Crippen LogP) is 3.77. The van der Waals surface area contributed by atoms with E-state index < -0.39 is 29.4 Å². The van der Waals surface area contributed by atoms with E-state index >= 15 is 0 Å². The van der Waals surface area contributed by atoms with Crippen molar-refractivity contribution in [1.82, 2.24) is 5.32 Å². The Labute approximate surface area is 128 Å². The van der Waals surface area contributed by atoms with Crippen LogP contribution in [0, 0.1) is 0 Å². The lowest BCUT2D eigenvalue weighted by Crippen LogP contribution is -2.21. The van der Waals surface area contributed by atoms with Gasteiger partial charge in [-0.3, -0.25) is 4.79 Å². The Hall–Kier alpha value is -1.77. The Kier molecular flexibility index (Phi) is 6.43. The third-order valence-electron chi connectivity index (χ3n) is 2.84. The van der Waals surface area contributed by atoms with Gasteiger partial charge in [-0.1, -0.05) is 6.07 Å². The van der Waals surface area contributed by atoms with Crippen LogP contribution in [0.3, 0.4) is 0 Å². The lowest BCUT2D eigenvalue weighted by atomic mass is 10.0. The Morgan fingerprint density at radius 3 is 2.22 bits per heavy atom. The number of carbonyl (C=O) groups is 1. The third-order valence-corrected chi connectivity index (χ3v) is 2.84. The molecular formula is C14H15F6NO2. The average molecular weight is 343 g/mol. The molecular weight excluding hydrogens is 328 g/mol. The molecule has 0 saturated heterocycles. The molecule has 1 N–H and O–H groups in total. The molecule has 0 fully saturated rings. The van der Waals surface area contributed by atoms with Gasteiger partial charge in [0.1, 0.15) is 0 Å². The number of hydrogen-bond donors (Lipinski definition) is 1. The number of rotatable bonds is 6. The number of alkyl halides is 6. The van der Waals surface area contributed by atoms with Crippen LogP contribution in [-0.2, 0) is 28.4 Å². The second-order valence-corrected chi connectivity index (χ2v) is 4.61. The molecule has 1 aromatic rings. The lowest BCUT2D eigenvalue weighted by molar-refractivity contribution is -0.162. The number of benzene rings is 1. The van der Waals surface area contributed by atoms with E-state index in [9.17, 15) is 31.1 Å². The van der Waals surface area contributed by atoms with Crippen LogP contribution in [0.15, 0.2) is 18.2 Å². The molecule has 0 aliphatic heterocycles. The van der Waals surface area contributed by atoms with Crippen molar-refractivity contribution < 1.29 is 35.9 Å². The topological polar surface area (TPSA) is 38.3 Å². The summed E-state index contributed by atoms with van der Waals surface area (Å²) in [6.45, 7) is 1.89. The number of ether oxygens (including phenoxy) is 1. The maximum atomic E-state index is 12.8. The zero-order valence-electron chi connectivity index (χ0n) is 12.1. The molecule has 0 spiro atoms. The standard InChI is InChI=1S/C14H15F6NO2/c1-2-23-12(22)5-6-21-8-9-3-4-10(13(15,16)17)11(7-9)14(18,19)20/h3-4,7,21H,2,5-6,8H2,1H3. The zero-order chi connectivity index (χ0) is 17.7. The van der Waals surface area contributed by atoms with Crippen LogP contribution in [0.5, 0.6) is 0 Å². The van der Waals surface area contributed by atoms with Gasteiger partial charge in [-0.05, 0) is 24.6 Å². The van der Waals surface area contributed by atoms with Gasteiger partial charge in [0, 0.05) is 13.1 Å². The van der Waals surface area contributed by atoms with Gasteiger partial charge in [0.2, 0.25) is 0 Å². The van der Waals surface area contributed by atoms with Gasteiger partial charge in [0.25, 0.3) is 0 Å². The first-order valence-electron chi connectivity index (χ1n) is 6.69. The second-order valence-electron chi connectivity index (χ2n) is 4.61. The Bertz CT molecular complexity index is 539. The highest BCUT2D eigenvalue weighted by Gasteiger charge is 2.42. The SMILES string of the molecule is CCOC(=O)CCNCc1ccc(C(F)(F)F)c(C(F)(F)F)c1. The molecule has 1 rings (SSSR count). The molecule has 0 unspecified atom stereocenters. The minimum absolute atomic E-state index is 0.0145. The smallest absolute Gasteiger partial charge is 0.417 e. The molecule has 130 valence electrons. The fraction of sp³-hybridized carbons (Fsp3) is 0.500. The first-order chi connectivity index (χ1) is 10.6. The molecule has 0 radical (unpaired) electrons. The summed E-state index contributed by atoms with van der Waals surface area (Å²) < 4.78 is 80.8. The van der Waals surface area contributed by atoms with Gasteiger partial charge in [-0.15, -0.1) is 0 Å². The van der Waals surface area contributed by atoms with Crippen LogP contribution >= 0.6 is 0 Å². The van der Waals surface area contributed by atoms with Crippen LogP contribution in [-0.4, -0.2) is 19.1 Å². The Morgan fingerprint density at radius 2 is 1.70 bits per heavy atom. The highest BCUT2D eigenvalue weighted by atomic mass is 19.4. The van der Waals surface area contributed by atoms with Crippen molar-refractivity contribution in [2.24, 2.45) is 0 Å². The number of halogens is 6. The van der Waals surface area contributed by atoms with Crippen molar-refractivity contribution in [2.75, 3.05) is 13.2 Å². The largest absolute Gasteiger partial charge is 0.466 e. The summed E-state index contributed by atoms with van der Waals surface area (Å²) in [5.74, 6) is -0.469. The molecule has 3 nitrogen and oxygen atoms in total. The first kappa shape index (κ1) is 19.3. The van der Waals surface area contributed by atoms with Gasteiger partial charge in [-0.25, -0.2) is 0 Å². The molecule has 0 heterocycles. The van der Waals surface area contributed by atoms with Crippen molar-refractivity contribution >= 4 is 5.97 Å². The van der Waals surface area contributed by atoms with Crippen LogP contribution in [0.25, 0.3) is 0 Å². The number of nitrogens with one attached hydrogen (secondary N) is 1. The average Bonchev–Trinajstić information content (AvgIpc) is 2.41. The number of esters is 1. The molecule has 9 heteroatoms. The Morgan fingerprint density at radius 1 is 1.09 bits per heavy atom. The summed E-state index contributed by atoms with van der Waals surface area (Å²) in [5, 5.41) is 2.68. The predicted molar refractivity (Wildman–Crippen MR) is 69.4 cm³/mol. The lowest BCUT2D eigenvalue weighted by Gasteiger charge is -2.16. The summed E-state index contributed by atoms with van der Waals surface area (Å²) in [4.78, 5) is 11.1. The third kappa shape index (κ3) is 6.09. The van der Waals surface area contributed by atoms with E-state index in [0.717, 1.165) is 6.07 Å². The van der Waals surface area contributed by atoms with E-state index in [1.54, 1.807) is 6.92 Å².